The SMILES string of the molecule is CCCS(=O)(=O)Nc1cc(F)c(-c2ccc(CC#N)[nH]2)c(F)c1. The fourth-order valence-corrected chi connectivity index (χ4v) is 3.28. The highest BCUT2D eigenvalue weighted by Crippen LogP contribution is 2.29. The lowest BCUT2D eigenvalue weighted by molar-refractivity contribution is 0.589. The third-order valence-corrected chi connectivity index (χ3v) is 4.57. The van der Waals surface area contributed by atoms with Crippen LogP contribution in [0.15, 0.2) is 24.3 Å². The smallest absolute Gasteiger partial charge is 0.232 e. The van der Waals surface area contributed by atoms with Crippen LogP contribution in [0.25, 0.3) is 11.3 Å². The summed E-state index contributed by atoms with van der Waals surface area (Å²) in [4.78, 5) is 2.76. The minimum Gasteiger partial charge on any atom is -0.357 e. The largest absolute Gasteiger partial charge is 0.357 e. The molecule has 0 aliphatic heterocycles. The van der Waals surface area contributed by atoms with Crippen molar-refractivity contribution in [3.05, 3.63) is 41.6 Å². The molecule has 1 aromatic carbocycles. The van der Waals surface area contributed by atoms with Gasteiger partial charge in [-0.1, -0.05) is 6.92 Å². The van der Waals surface area contributed by atoms with Gasteiger partial charge >= 0.3 is 0 Å². The summed E-state index contributed by atoms with van der Waals surface area (Å²) in [6.45, 7) is 1.69. The van der Waals surface area contributed by atoms with Crippen LogP contribution < -0.4 is 4.72 Å². The molecule has 2 rings (SSSR count). The molecule has 122 valence electrons. The van der Waals surface area contributed by atoms with Gasteiger partial charge in [0.15, 0.2) is 0 Å². The quantitative estimate of drug-likeness (QED) is 0.847. The Hall–Kier alpha value is -2.40. The summed E-state index contributed by atoms with van der Waals surface area (Å²) in [6.07, 6.45) is 0.487. The number of nitrogens with one attached hydrogen (secondary N) is 2. The summed E-state index contributed by atoms with van der Waals surface area (Å²) in [7, 11) is -3.63. The Morgan fingerprint density at radius 2 is 1.91 bits per heavy atom. The Morgan fingerprint density at radius 1 is 1.26 bits per heavy atom. The van der Waals surface area contributed by atoms with Crippen molar-refractivity contribution in [2.75, 3.05) is 10.5 Å². The summed E-state index contributed by atoms with van der Waals surface area (Å²) in [5.74, 6) is -1.93. The highest BCUT2D eigenvalue weighted by molar-refractivity contribution is 7.92. The Morgan fingerprint density at radius 3 is 2.48 bits per heavy atom. The first-order valence-electron chi connectivity index (χ1n) is 6.91. The number of rotatable bonds is 6. The van der Waals surface area contributed by atoms with Gasteiger partial charge in [0.1, 0.15) is 11.6 Å². The van der Waals surface area contributed by atoms with Crippen LogP contribution in [0.4, 0.5) is 14.5 Å². The molecule has 1 aromatic heterocycles. The van der Waals surface area contributed by atoms with Gasteiger partial charge in [-0.15, -0.1) is 0 Å². The van der Waals surface area contributed by atoms with Crippen molar-refractivity contribution in [3.63, 3.8) is 0 Å². The second kappa shape index (κ2) is 6.79. The van der Waals surface area contributed by atoms with Crippen LogP contribution in [0.5, 0.6) is 0 Å². The van der Waals surface area contributed by atoms with Crippen LogP contribution in [0.1, 0.15) is 19.0 Å². The third-order valence-electron chi connectivity index (χ3n) is 3.07. The molecule has 8 heteroatoms. The first kappa shape index (κ1) is 17.0. The van der Waals surface area contributed by atoms with Crippen molar-refractivity contribution in [1.29, 1.82) is 5.26 Å². The van der Waals surface area contributed by atoms with Gasteiger partial charge in [0.2, 0.25) is 10.0 Å². The molecule has 0 saturated carbocycles. The molecule has 0 aliphatic rings. The van der Waals surface area contributed by atoms with Crippen LogP contribution in [-0.4, -0.2) is 19.2 Å². The Bertz CT molecular complexity index is 831. The highest BCUT2D eigenvalue weighted by atomic mass is 32.2. The molecule has 2 aromatic rings. The van der Waals surface area contributed by atoms with Gasteiger partial charge in [-0.25, -0.2) is 17.2 Å². The lowest BCUT2D eigenvalue weighted by atomic mass is 10.1. The summed E-state index contributed by atoms with van der Waals surface area (Å²) in [6, 6.07) is 6.82. The second-order valence-corrected chi connectivity index (χ2v) is 6.81. The number of hydrogen-bond acceptors (Lipinski definition) is 3. The zero-order valence-electron chi connectivity index (χ0n) is 12.4. The van der Waals surface area contributed by atoms with Crippen molar-refractivity contribution < 1.29 is 17.2 Å². The van der Waals surface area contributed by atoms with Crippen molar-refractivity contribution in [3.8, 4) is 17.3 Å². The minimum atomic E-state index is -3.63. The van der Waals surface area contributed by atoms with Gasteiger partial charge < -0.3 is 4.98 Å². The summed E-state index contributed by atoms with van der Waals surface area (Å²) in [5, 5.41) is 8.61. The first-order valence-corrected chi connectivity index (χ1v) is 8.56. The number of nitrogens with zero attached hydrogens (tertiary/aromatic N) is 1. The van der Waals surface area contributed by atoms with Crippen LogP contribution in [-0.2, 0) is 16.4 Å². The average Bonchev–Trinajstić information content (AvgIpc) is 2.85. The van der Waals surface area contributed by atoms with Crippen molar-refractivity contribution >= 4 is 15.7 Å². The van der Waals surface area contributed by atoms with E-state index in [1.54, 1.807) is 13.0 Å². The van der Waals surface area contributed by atoms with Gasteiger partial charge in [-0.3, -0.25) is 4.72 Å². The van der Waals surface area contributed by atoms with Crippen molar-refractivity contribution in [2.45, 2.75) is 19.8 Å². The second-order valence-electron chi connectivity index (χ2n) is 4.97. The molecule has 5 nitrogen and oxygen atoms in total. The molecule has 0 fully saturated rings. The number of hydrogen-bond donors (Lipinski definition) is 2. The van der Waals surface area contributed by atoms with Crippen molar-refractivity contribution in [1.82, 2.24) is 4.98 Å². The van der Waals surface area contributed by atoms with Crippen LogP contribution in [0.2, 0.25) is 0 Å². The van der Waals surface area contributed by atoms with E-state index in [0.717, 1.165) is 12.1 Å². The van der Waals surface area contributed by atoms with E-state index in [1.807, 2.05) is 6.07 Å². The molecule has 0 atom stereocenters. The monoisotopic (exact) mass is 339 g/mol. The van der Waals surface area contributed by atoms with Gasteiger partial charge in [0.05, 0.1) is 35.2 Å². The zero-order valence-corrected chi connectivity index (χ0v) is 13.2. The number of nitriles is 1. The molecule has 0 saturated heterocycles. The minimum absolute atomic E-state index is 0.0954. The number of halogens is 2. The number of sulfonamides is 1. The van der Waals surface area contributed by atoms with E-state index < -0.39 is 21.7 Å². The van der Waals surface area contributed by atoms with E-state index in [2.05, 4.69) is 9.71 Å². The number of anilines is 1. The van der Waals surface area contributed by atoms with E-state index in [1.165, 1.54) is 6.07 Å². The number of benzene rings is 1. The van der Waals surface area contributed by atoms with Crippen LogP contribution >= 0.6 is 0 Å². The number of H-pyrrole nitrogens is 1. The number of aromatic nitrogens is 1. The van der Waals surface area contributed by atoms with E-state index in [4.69, 9.17) is 5.26 Å². The summed E-state index contributed by atoms with van der Waals surface area (Å²) >= 11 is 0. The van der Waals surface area contributed by atoms with E-state index >= 15 is 0 Å². The predicted octanol–water partition coefficient (Wildman–Crippen LogP) is 3.18. The first-order chi connectivity index (χ1) is 10.9. The molecule has 0 bridgehead atoms. The molecular weight excluding hydrogens is 324 g/mol. The average molecular weight is 339 g/mol. The Balaban J connectivity index is 2.35. The Labute approximate surface area is 133 Å². The topological polar surface area (TPSA) is 85.8 Å². The highest BCUT2D eigenvalue weighted by Gasteiger charge is 2.17. The molecule has 0 aliphatic carbocycles. The normalized spacial score (nSPS) is 11.2. The van der Waals surface area contributed by atoms with Gasteiger partial charge in [0, 0.05) is 5.69 Å². The number of aromatic amines is 1. The van der Waals surface area contributed by atoms with E-state index in [-0.39, 0.29) is 29.1 Å². The summed E-state index contributed by atoms with van der Waals surface area (Å²) < 4.78 is 53.8. The molecule has 0 amide bonds. The molecule has 0 spiro atoms. The van der Waals surface area contributed by atoms with Crippen LogP contribution in [0, 0.1) is 23.0 Å². The molecule has 0 unspecified atom stereocenters. The third kappa shape index (κ3) is 4.07. The standard InChI is InChI=1S/C15H15F2N3O2S/c1-2-7-23(21,22)20-11-8-12(16)15(13(17)9-11)14-4-3-10(19-14)5-6-18/h3-4,8-9,19-20H,2,5,7H2,1H3. The van der Waals surface area contributed by atoms with E-state index in [0.29, 0.717) is 12.1 Å². The molecule has 0 radical (unpaired) electrons. The van der Waals surface area contributed by atoms with E-state index in [9.17, 15) is 17.2 Å². The fraction of sp³-hybridized carbons (Fsp3) is 0.267. The zero-order chi connectivity index (χ0) is 17.0. The summed E-state index contributed by atoms with van der Waals surface area (Å²) in [5.41, 5.74) is 0.260. The van der Waals surface area contributed by atoms with Crippen LogP contribution in [0.3, 0.4) is 0 Å². The maximum absolute atomic E-state index is 14.2. The molecule has 2 N–H and O–H groups in total. The van der Waals surface area contributed by atoms with Crippen molar-refractivity contribution in [2.24, 2.45) is 0 Å². The maximum Gasteiger partial charge on any atom is 0.232 e. The lowest BCUT2D eigenvalue weighted by Crippen LogP contribution is -2.16. The van der Waals surface area contributed by atoms with Gasteiger partial charge in [0.25, 0.3) is 0 Å². The Kier molecular flexibility index (Phi) is 5.01. The lowest BCUT2D eigenvalue weighted by Gasteiger charge is -2.10. The predicted molar refractivity (Wildman–Crippen MR) is 83.2 cm³/mol. The van der Waals surface area contributed by atoms with Gasteiger partial charge in [-0.2, -0.15) is 5.26 Å². The molecule has 23 heavy (non-hydrogen) atoms. The maximum atomic E-state index is 14.2. The fourth-order valence-electron chi connectivity index (χ4n) is 2.16. The molecule has 1 heterocycles. The molecular formula is C15H15F2N3O2S. The van der Waals surface area contributed by atoms with Gasteiger partial charge in [-0.05, 0) is 30.7 Å².